The molecule has 2 atom stereocenters. The van der Waals surface area contributed by atoms with Gasteiger partial charge in [-0.25, -0.2) is 13.1 Å². The van der Waals surface area contributed by atoms with Crippen LogP contribution in [0.3, 0.4) is 0 Å². The molecule has 1 aliphatic heterocycles. The molecule has 4 nitrogen and oxygen atoms in total. The summed E-state index contributed by atoms with van der Waals surface area (Å²) in [5, 5.41) is 0. The Morgan fingerprint density at radius 2 is 2.35 bits per heavy atom. The SMILES string of the molecule is CC1OCCC1CNS(=O)(=O)c1ccc(Br)s1. The van der Waals surface area contributed by atoms with Crippen LogP contribution in [0.5, 0.6) is 0 Å². The van der Waals surface area contributed by atoms with Crippen LogP contribution in [0.2, 0.25) is 0 Å². The minimum Gasteiger partial charge on any atom is -0.378 e. The molecule has 2 heterocycles. The monoisotopic (exact) mass is 339 g/mol. The Labute approximate surface area is 114 Å². The van der Waals surface area contributed by atoms with Crippen LogP contribution in [-0.2, 0) is 14.8 Å². The van der Waals surface area contributed by atoms with Gasteiger partial charge in [0.05, 0.1) is 9.89 Å². The first kappa shape index (κ1) is 13.5. The van der Waals surface area contributed by atoms with Crippen LogP contribution in [0, 0.1) is 5.92 Å². The van der Waals surface area contributed by atoms with Gasteiger partial charge in [-0.1, -0.05) is 0 Å². The molecule has 17 heavy (non-hydrogen) atoms. The third-order valence-electron chi connectivity index (χ3n) is 2.88. The topological polar surface area (TPSA) is 55.4 Å². The molecule has 2 unspecified atom stereocenters. The molecule has 0 spiro atoms. The molecule has 0 bridgehead atoms. The first-order valence-electron chi connectivity index (χ1n) is 5.35. The lowest BCUT2D eigenvalue weighted by Gasteiger charge is -2.14. The van der Waals surface area contributed by atoms with E-state index in [0.29, 0.717) is 10.8 Å². The number of hydrogen-bond acceptors (Lipinski definition) is 4. The zero-order valence-corrected chi connectivity index (χ0v) is 12.6. The predicted molar refractivity (Wildman–Crippen MR) is 70.7 cm³/mol. The molecule has 0 radical (unpaired) electrons. The van der Waals surface area contributed by atoms with Gasteiger partial charge in [-0.15, -0.1) is 11.3 Å². The molecule has 1 aromatic heterocycles. The second kappa shape index (κ2) is 5.36. The summed E-state index contributed by atoms with van der Waals surface area (Å²) in [5.74, 6) is 0.271. The molecule has 0 amide bonds. The van der Waals surface area contributed by atoms with Gasteiger partial charge in [0.1, 0.15) is 4.21 Å². The number of halogens is 1. The summed E-state index contributed by atoms with van der Waals surface area (Å²) >= 11 is 4.47. The van der Waals surface area contributed by atoms with Crippen molar-refractivity contribution in [1.82, 2.24) is 4.72 Å². The van der Waals surface area contributed by atoms with Gasteiger partial charge in [-0.2, -0.15) is 0 Å². The van der Waals surface area contributed by atoms with Crippen molar-refractivity contribution in [1.29, 1.82) is 0 Å². The van der Waals surface area contributed by atoms with Crippen molar-refractivity contribution in [2.24, 2.45) is 5.92 Å². The van der Waals surface area contributed by atoms with Crippen LogP contribution >= 0.6 is 27.3 Å². The lowest BCUT2D eigenvalue weighted by molar-refractivity contribution is 0.107. The smallest absolute Gasteiger partial charge is 0.250 e. The minimum atomic E-state index is -3.37. The average Bonchev–Trinajstić information content (AvgIpc) is 2.85. The van der Waals surface area contributed by atoms with Crippen LogP contribution < -0.4 is 4.72 Å². The standard InChI is InChI=1S/C10H14BrNO3S2/c1-7-8(4-5-15-7)6-12-17(13,14)10-3-2-9(11)16-10/h2-3,7-8,12H,4-6H2,1H3. The summed E-state index contributed by atoms with van der Waals surface area (Å²) in [4.78, 5) is 0. The summed E-state index contributed by atoms with van der Waals surface area (Å²) in [6.07, 6.45) is 1.05. The van der Waals surface area contributed by atoms with Crippen LogP contribution in [0.1, 0.15) is 13.3 Å². The van der Waals surface area contributed by atoms with E-state index in [2.05, 4.69) is 20.7 Å². The highest BCUT2D eigenvalue weighted by atomic mass is 79.9. The van der Waals surface area contributed by atoms with E-state index >= 15 is 0 Å². The first-order valence-corrected chi connectivity index (χ1v) is 8.45. The van der Waals surface area contributed by atoms with E-state index in [4.69, 9.17) is 4.74 Å². The predicted octanol–water partition coefficient (Wildman–Crippen LogP) is 2.21. The molecular weight excluding hydrogens is 326 g/mol. The molecule has 0 aromatic carbocycles. The largest absolute Gasteiger partial charge is 0.378 e. The van der Waals surface area contributed by atoms with E-state index in [1.165, 1.54) is 11.3 Å². The van der Waals surface area contributed by atoms with Crippen LogP contribution in [-0.4, -0.2) is 27.7 Å². The fourth-order valence-corrected chi connectivity index (χ4v) is 4.92. The highest BCUT2D eigenvalue weighted by Gasteiger charge is 2.26. The molecule has 1 aliphatic rings. The molecule has 1 N–H and O–H groups in total. The normalized spacial score (nSPS) is 25.3. The Bertz CT molecular complexity index is 485. The van der Waals surface area contributed by atoms with Crippen LogP contribution in [0.4, 0.5) is 0 Å². The Balaban J connectivity index is 1.98. The first-order chi connectivity index (χ1) is 7.99. The van der Waals surface area contributed by atoms with Gasteiger partial charge in [-0.3, -0.25) is 0 Å². The van der Waals surface area contributed by atoms with E-state index in [9.17, 15) is 8.42 Å². The molecular formula is C10H14BrNO3S2. The van der Waals surface area contributed by atoms with Crippen molar-refractivity contribution in [3.05, 3.63) is 15.9 Å². The maximum absolute atomic E-state index is 11.9. The molecule has 96 valence electrons. The Morgan fingerprint density at radius 1 is 1.59 bits per heavy atom. The fourth-order valence-electron chi connectivity index (χ4n) is 1.77. The third kappa shape index (κ3) is 3.29. The van der Waals surface area contributed by atoms with E-state index in [1.54, 1.807) is 12.1 Å². The van der Waals surface area contributed by atoms with Crippen molar-refractivity contribution in [2.75, 3.05) is 13.2 Å². The maximum Gasteiger partial charge on any atom is 0.250 e. The quantitative estimate of drug-likeness (QED) is 0.914. The van der Waals surface area contributed by atoms with Gasteiger partial charge in [0.25, 0.3) is 0 Å². The van der Waals surface area contributed by atoms with Gasteiger partial charge in [0.2, 0.25) is 10.0 Å². The van der Waals surface area contributed by atoms with Crippen LogP contribution in [0.25, 0.3) is 0 Å². The number of hydrogen-bond donors (Lipinski definition) is 1. The molecule has 1 fully saturated rings. The minimum absolute atomic E-state index is 0.132. The highest BCUT2D eigenvalue weighted by Crippen LogP contribution is 2.26. The lowest BCUT2D eigenvalue weighted by Crippen LogP contribution is -2.31. The molecule has 1 saturated heterocycles. The number of nitrogens with one attached hydrogen (secondary N) is 1. The summed E-state index contributed by atoms with van der Waals surface area (Å²) in [5.41, 5.74) is 0. The Kier molecular flexibility index (Phi) is 4.25. The molecule has 7 heteroatoms. The van der Waals surface area contributed by atoms with Crippen molar-refractivity contribution < 1.29 is 13.2 Å². The number of sulfonamides is 1. The second-order valence-corrected chi connectivity index (χ2v) is 8.49. The number of ether oxygens (including phenoxy) is 1. The highest BCUT2D eigenvalue weighted by molar-refractivity contribution is 9.11. The lowest BCUT2D eigenvalue weighted by atomic mass is 10.0. The Morgan fingerprint density at radius 3 is 2.88 bits per heavy atom. The fraction of sp³-hybridized carbons (Fsp3) is 0.600. The number of rotatable bonds is 4. The molecule has 1 aromatic rings. The maximum atomic E-state index is 11.9. The molecule has 0 aliphatic carbocycles. The molecule has 2 rings (SSSR count). The van der Waals surface area contributed by atoms with Crippen LogP contribution in [0.15, 0.2) is 20.1 Å². The second-order valence-electron chi connectivity index (χ2n) is 4.04. The summed E-state index contributed by atoms with van der Waals surface area (Å²) in [7, 11) is -3.37. The Hall–Kier alpha value is 0.0500. The average molecular weight is 340 g/mol. The van der Waals surface area contributed by atoms with E-state index < -0.39 is 10.0 Å². The van der Waals surface area contributed by atoms with Gasteiger partial charge < -0.3 is 4.74 Å². The van der Waals surface area contributed by atoms with Gasteiger partial charge in [0, 0.05) is 19.1 Å². The summed E-state index contributed by atoms with van der Waals surface area (Å²) in [6, 6.07) is 3.34. The number of thiophene rings is 1. The van der Waals surface area contributed by atoms with Gasteiger partial charge >= 0.3 is 0 Å². The molecule has 0 saturated carbocycles. The van der Waals surface area contributed by atoms with Crippen molar-refractivity contribution in [2.45, 2.75) is 23.7 Å². The van der Waals surface area contributed by atoms with E-state index in [-0.39, 0.29) is 12.0 Å². The summed E-state index contributed by atoms with van der Waals surface area (Å²) < 4.78 is 33.1. The van der Waals surface area contributed by atoms with Crippen molar-refractivity contribution in [3.63, 3.8) is 0 Å². The van der Waals surface area contributed by atoms with Crippen molar-refractivity contribution in [3.8, 4) is 0 Å². The van der Waals surface area contributed by atoms with E-state index in [0.717, 1.165) is 16.8 Å². The summed E-state index contributed by atoms with van der Waals surface area (Å²) in [6.45, 7) is 3.14. The van der Waals surface area contributed by atoms with Gasteiger partial charge in [-0.05, 0) is 41.4 Å². The van der Waals surface area contributed by atoms with Gasteiger partial charge in [0.15, 0.2) is 0 Å². The van der Waals surface area contributed by atoms with E-state index in [1.807, 2.05) is 6.92 Å². The zero-order valence-electron chi connectivity index (χ0n) is 9.35. The third-order valence-corrected chi connectivity index (χ3v) is 6.42. The zero-order chi connectivity index (χ0) is 12.5. The van der Waals surface area contributed by atoms with Crippen molar-refractivity contribution >= 4 is 37.3 Å².